The molecule has 0 aromatic rings. The molecule has 2 saturated carbocycles. The maximum absolute atomic E-state index is 6.13. The van der Waals surface area contributed by atoms with E-state index in [1.165, 1.54) is 167 Å². The van der Waals surface area contributed by atoms with Crippen LogP contribution in [0.5, 0.6) is 0 Å². The summed E-state index contributed by atoms with van der Waals surface area (Å²) in [6, 6.07) is 0. The second kappa shape index (κ2) is 19.7. The maximum Gasteiger partial charge on any atom is 0.0503 e. The van der Waals surface area contributed by atoms with Crippen LogP contribution in [-0.4, -0.2) is 13.2 Å². The lowest BCUT2D eigenvalue weighted by Gasteiger charge is -2.30. The third kappa shape index (κ3) is 12.9. The number of allylic oxidation sites excluding steroid dienone is 2. The van der Waals surface area contributed by atoms with Gasteiger partial charge in [0, 0.05) is 0 Å². The minimum absolute atomic E-state index is 0.939. The Hall–Kier alpha value is -0.560. The van der Waals surface area contributed by atoms with Crippen LogP contribution in [0.25, 0.3) is 0 Å². The first kappa shape index (κ1) is 33.3. The van der Waals surface area contributed by atoms with Crippen LogP contribution in [0.15, 0.2) is 23.3 Å². The third-order valence-electron chi connectivity index (χ3n) is 12.2. The lowest BCUT2D eigenvalue weighted by molar-refractivity contribution is 0.138. The molecule has 4 rings (SSSR count). The summed E-state index contributed by atoms with van der Waals surface area (Å²) in [6.07, 6.45) is 42.6. The van der Waals surface area contributed by atoms with Gasteiger partial charge in [-0.1, -0.05) is 140 Å². The Balaban J connectivity index is 0.973. The summed E-state index contributed by atoms with van der Waals surface area (Å²) in [5, 5.41) is 0. The van der Waals surface area contributed by atoms with Crippen molar-refractivity contribution in [2.45, 2.75) is 181 Å². The van der Waals surface area contributed by atoms with Crippen molar-refractivity contribution in [2.24, 2.45) is 35.5 Å². The zero-order chi connectivity index (χ0) is 28.5. The molecule has 0 aromatic heterocycles. The van der Waals surface area contributed by atoms with Crippen molar-refractivity contribution in [3.05, 3.63) is 23.3 Å². The van der Waals surface area contributed by atoms with E-state index in [-0.39, 0.29) is 0 Å². The van der Waals surface area contributed by atoms with Gasteiger partial charge in [0.15, 0.2) is 0 Å². The highest BCUT2D eigenvalue weighted by molar-refractivity contribution is 5.07. The van der Waals surface area contributed by atoms with Crippen LogP contribution in [0.3, 0.4) is 0 Å². The van der Waals surface area contributed by atoms with Crippen LogP contribution in [0, 0.1) is 35.5 Å². The lowest BCUT2D eigenvalue weighted by Crippen LogP contribution is -2.16. The molecule has 0 radical (unpaired) electrons. The molecule has 0 heterocycles. The predicted octanol–water partition coefficient (Wildman–Crippen LogP) is 12.8. The van der Waals surface area contributed by atoms with Gasteiger partial charge in [0.2, 0.25) is 0 Å². The number of ether oxygens (including phenoxy) is 1. The van der Waals surface area contributed by atoms with Gasteiger partial charge in [-0.15, -0.1) is 0 Å². The summed E-state index contributed by atoms with van der Waals surface area (Å²) in [4.78, 5) is 0. The van der Waals surface area contributed by atoms with E-state index < -0.39 is 0 Å². The van der Waals surface area contributed by atoms with Crippen LogP contribution in [0.1, 0.15) is 181 Å². The first-order chi connectivity index (χ1) is 20.2. The second-order valence-electron chi connectivity index (χ2n) is 15.3. The molecular formula is C40H70O. The average Bonchev–Trinajstić information content (AvgIpc) is 3.03. The Bertz CT molecular complexity index is 670. The lowest BCUT2D eigenvalue weighted by atomic mass is 9.76. The van der Waals surface area contributed by atoms with E-state index in [1.807, 2.05) is 0 Å². The topological polar surface area (TPSA) is 9.23 Å². The quantitative estimate of drug-likeness (QED) is 0.118. The molecule has 0 aliphatic heterocycles. The minimum atomic E-state index is 0.939. The maximum atomic E-state index is 6.13. The average molecular weight is 567 g/mol. The Morgan fingerprint density at radius 1 is 0.488 bits per heavy atom. The van der Waals surface area contributed by atoms with Gasteiger partial charge in [0.25, 0.3) is 0 Å². The van der Waals surface area contributed by atoms with Gasteiger partial charge in [-0.3, -0.25) is 0 Å². The van der Waals surface area contributed by atoms with Gasteiger partial charge in [-0.25, -0.2) is 0 Å². The zero-order valence-electron chi connectivity index (χ0n) is 27.8. The SMILES string of the molecule is CCCCC1CCC(CCC2CC=C(CCOCCC3=CCC(CCC4CCC(CCCC)CC4)CC3)CC2)CC1. The summed E-state index contributed by atoms with van der Waals surface area (Å²) in [5.41, 5.74) is 3.37. The Kier molecular flexibility index (Phi) is 16.0. The largest absolute Gasteiger partial charge is 0.381 e. The third-order valence-corrected chi connectivity index (χ3v) is 12.2. The molecule has 0 bridgehead atoms. The number of hydrogen-bond donors (Lipinski definition) is 0. The van der Waals surface area contributed by atoms with Gasteiger partial charge < -0.3 is 4.74 Å². The molecule has 2 unspecified atom stereocenters. The van der Waals surface area contributed by atoms with Gasteiger partial charge in [-0.05, 0) is 99.7 Å². The van der Waals surface area contributed by atoms with E-state index in [0.717, 1.165) is 48.7 Å². The summed E-state index contributed by atoms with van der Waals surface area (Å²) in [5.74, 6) is 6.13. The molecule has 0 spiro atoms. The first-order valence-electron chi connectivity index (χ1n) is 19.1. The van der Waals surface area contributed by atoms with Crippen molar-refractivity contribution in [1.29, 1.82) is 0 Å². The van der Waals surface area contributed by atoms with Crippen LogP contribution >= 0.6 is 0 Å². The van der Waals surface area contributed by atoms with Crippen molar-refractivity contribution in [3.63, 3.8) is 0 Å². The van der Waals surface area contributed by atoms with Gasteiger partial charge >= 0.3 is 0 Å². The molecular weight excluding hydrogens is 496 g/mol. The normalized spacial score (nSPS) is 31.1. The van der Waals surface area contributed by atoms with Crippen molar-refractivity contribution in [2.75, 3.05) is 13.2 Å². The first-order valence-corrected chi connectivity index (χ1v) is 19.1. The minimum Gasteiger partial charge on any atom is -0.381 e. The van der Waals surface area contributed by atoms with E-state index in [4.69, 9.17) is 4.74 Å². The summed E-state index contributed by atoms with van der Waals surface area (Å²) in [7, 11) is 0. The second-order valence-corrected chi connectivity index (χ2v) is 15.3. The standard InChI is InChI=1S/C40H70O/c1-3-5-7-33-9-13-35(14-10-33)17-19-37-21-25-39(26-22-37)29-31-41-32-30-40-27-23-38(24-28-40)20-18-36-15-11-34(12-16-36)8-6-4-2/h25,27,33-38H,3-24,26,28-32H2,1-2H3. The smallest absolute Gasteiger partial charge is 0.0503 e. The summed E-state index contributed by atoms with van der Waals surface area (Å²) >= 11 is 0. The van der Waals surface area contributed by atoms with Crippen molar-refractivity contribution < 1.29 is 4.74 Å². The van der Waals surface area contributed by atoms with Gasteiger partial charge in [0.05, 0.1) is 13.2 Å². The molecule has 0 aromatic carbocycles. The summed E-state index contributed by atoms with van der Waals surface area (Å²) in [6.45, 7) is 6.56. The number of hydrogen-bond acceptors (Lipinski definition) is 1. The Morgan fingerprint density at radius 3 is 1.20 bits per heavy atom. The molecule has 4 aliphatic carbocycles. The highest BCUT2D eigenvalue weighted by atomic mass is 16.5. The Morgan fingerprint density at radius 2 is 0.854 bits per heavy atom. The van der Waals surface area contributed by atoms with Crippen LogP contribution in [-0.2, 0) is 4.74 Å². The van der Waals surface area contributed by atoms with Crippen LogP contribution in [0.4, 0.5) is 0 Å². The fourth-order valence-electron chi connectivity index (χ4n) is 8.92. The molecule has 1 heteroatoms. The molecule has 4 aliphatic rings. The molecule has 0 saturated heterocycles. The monoisotopic (exact) mass is 567 g/mol. The van der Waals surface area contributed by atoms with Crippen LogP contribution in [0.2, 0.25) is 0 Å². The highest BCUT2D eigenvalue weighted by Crippen LogP contribution is 2.38. The molecule has 0 N–H and O–H groups in total. The van der Waals surface area contributed by atoms with E-state index >= 15 is 0 Å². The Labute approximate surface area is 257 Å². The van der Waals surface area contributed by atoms with E-state index in [1.54, 1.807) is 11.1 Å². The molecule has 0 amide bonds. The van der Waals surface area contributed by atoms with E-state index in [2.05, 4.69) is 26.0 Å². The molecule has 41 heavy (non-hydrogen) atoms. The molecule has 2 atom stereocenters. The van der Waals surface area contributed by atoms with E-state index in [0.29, 0.717) is 0 Å². The van der Waals surface area contributed by atoms with Crippen molar-refractivity contribution in [3.8, 4) is 0 Å². The predicted molar refractivity (Wildman–Crippen MR) is 179 cm³/mol. The van der Waals surface area contributed by atoms with Crippen LogP contribution < -0.4 is 0 Å². The fourth-order valence-corrected chi connectivity index (χ4v) is 8.92. The molecule has 236 valence electrons. The molecule has 1 nitrogen and oxygen atoms in total. The van der Waals surface area contributed by atoms with E-state index in [9.17, 15) is 0 Å². The highest BCUT2D eigenvalue weighted by Gasteiger charge is 2.24. The molecule has 2 fully saturated rings. The van der Waals surface area contributed by atoms with Crippen molar-refractivity contribution >= 4 is 0 Å². The van der Waals surface area contributed by atoms with Gasteiger partial charge in [-0.2, -0.15) is 0 Å². The number of unbranched alkanes of at least 4 members (excludes halogenated alkanes) is 2. The zero-order valence-corrected chi connectivity index (χ0v) is 27.8. The fraction of sp³-hybridized carbons (Fsp3) is 0.900. The summed E-state index contributed by atoms with van der Waals surface area (Å²) < 4.78 is 6.13. The van der Waals surface area contributed by atoms with Gasteiger partial charge in [0.1, 0.15) is 0 Å². The number of rotatable bonds is 18. The van der Waals surface area contributed by atoms with Crippen molar-refractivity contribution in [1.82, 2.24) is 0 Å².